The van der Waals surface area contributed by atoms with Crippen molar-refractivity contribution in [1.29, 1.82) is 0 Å². The lowest BCUT2D eigenvalue weighted by Gasteiger charge is -2.21. The van der Waals surface area contributed by atoms with Gasteiger partial charge in [-0.25, -0.2) is 0 Å². The molecule has 1 amide bonds. The fourth-order valence-corrected chi connectivity index (χ4v) is 1.99. The molecule has 0 aliphatic carbocycles. The summed E-state index contributed by atoms with van der Waals surface area (Å²) in [5, 5.41) is 0. The van der Waals surface area contributed by atoms with E-state index >= 15 is 0 Å². The van der Waals surface area contributed by atoms with E-state index in [4.69, 9.17) is 0 Å². The van der Waals surface area contributed by atoms with Crippen molar-refractivity contribution in [3.8, 4) is 0 Å². The lowest BCUT2D eigenvalue weighted by Crippen LogP contribution is -2.37. The molecule has 0 saturated heterocycles. The van der Waals surface area contributed by atoms with Crippen LogP contribution in [-0.2, 0) is 19.1 Å². The Balaban J connectivity index is 2.88. The molecule has 0 bridgehead atoms. The second kappa shape index (κ2) is 8.92. The number of nitrogens with zero attached hydrogens (tertiary/aromatic N) is 1. The molecule has 0 unspecified atom stereocenters. The summed E-state index contributed by atoms with van der Waals surface area (Å²) in [7, 11) is 2.53. The van der Waals surface area contributed by atoms with Gasteiger partial charge >= 0.3 is 11.9 Å². The van der Waals surface area contributed by atoms with Crippen molar-refractivity contribution in [3.63, 3.8) is 0 Å². The van der Waals surface area contributed by atoms with Crippen LogP contribution in [0.5, 0.6) is 0 Å². The highest BCUT2D eigenvalue weighted by molar-refractivity contribution is 5.96. The Hall–Kier alpha value is -2.37. The number of esters is 2. The maximum atomic E-state index is 12.5. The van der Waals surface area contributed by atoms with Crippen LogP contribution in [-0.4, -0.2) is 50.1 Å². The molecule has 0 heterocycles. The van der Waals surface area contributed by atoms with Gasteiger partial charge in [0, 0.05) is 12.1 Å². The van der Waals surface area contributed by atoms with E-state index in [9.17, 15) is 14.4 Å². The number of ether oxygens (including phenoxy) is 2. The van der Waals surface area contributed by atoms with Gasteiger partial charge in [0.2, 0.25) is 0 Å². The van der Waals surface area contributed by atoms with Crippen molar-refractivity contribution in [2.24, 2.45) is 0 Å². The van der Waals surface area contributed by atoms with Crippen molar-refractivity contribution < 1.29 is 23.9 Å². The Morgan fingerprint density at radius 1 is 1.00 bits per heavy atom. The van der Waals surface area contributed by atoms with Crippen molar-refractivity contribution >= 4 is 17.8 Å². The monoisotopic (exact) mass is 321 g/mol. The Labute approximate surface area is 136 Å². The summed E-state index contributed by atoms with van der Waals surface area (Å²) in [6.45, 7) is 4.01. The van der Waals surface area contributed by atoms with Crippen molar-refractivity contribution in [2.45, 2.75) is 26.2 Å². The molecule has 0 radical (unpaired) electrons. The van der Waals surface area contributed by atoms with E-state index in [2.05, 4.69) is 23.3 Å². The van der Waals surface area contributed by atoms with Crippen LogP contribution in [0.25, 0.3) is 0 Å². The average molecular weight is 321 g/mol. The van der Waals surface area contributed by atoms with E-state index < -0.39 is 11.9 Å². The second-order valence-electron chi connectivity index (χ2n) is 5.41. The zero-order chi connectivity index (χ0) is 17.4. The molecule has 0 aliphatic heterocycles. The standard InChI is InChI=1S/C17H23NO5/c1-12(2)13-5-7-14(8-6-13)17(21)18(11-16(20)23-4)10-9-15(19)22-3/h5-8,12H,9-11H2,1-4H3. The third-order valence-corrected chi connectivity index (χ3v) is 3.47. The SMILES string of the molecule is COC(=O)CCN(CC(=O)OC)C(=O)c1ccc(C(C)C)cc1. The summed E-state index contributed by atoms with van der Waals surface area (Å²) in [6.07, 6.45) is 0.0172. The van der Waals surface area contributed by atoms with E-state index in [1.165, 1.54) is 19.1 Å². The van der Waals surface area contributed by atoms with E-state index in [-0.39, 0.29) is 25.4 Å². The van der Waals surface area contributed by atoms with Crippen LogP contribution in [0.15, 0.2) is 24.3 Å². The van der Waals surface area contributed by atoms with Crippen molar-refractivity contribution in [3.05, 3.63) is 35.4 Å². The van der Waals surface area contributed by atoms with Gasteiger partial charge in [0.05, 0.1) is 20.6 Å². The summed E-state index contributed by atoms with van der Waals surface area (Å²) >= 11 is 0. The van der Waals surface area contributed by atoms with Gasteiger partial charge in [0.15, 0.2) is 0 Å². The number of amides is 1. The molecule has 1 aromatic carbocycles. The molecule has 0 spiro atoms. The molecule has 1 rings (SSSR count). The second-order valence-corrected chi connectivity index (χ2v) is 5.41. The maximum Gasteiger partial charge on any atom is 0.325 e. The van der Waals surface area contributed by atoms with Crippen LogP contribution >= 0.6 is 0 Å². The molecule has 1 aromatic rings. The number of carbonyl (C=O) groups excluding carboxylic acids is 3. The van der Waals surface area contributed by atoms with Crippen LogP contribution in [0.3, 0.4) is 0 Å². The summed E-state index contributed by atoms with van der Waals surface area (Å²) in [6, 6.07) is 7.21. The Morgan fingerprint density at radius 3 is 2.04 bits per heavy atom. The molecule has 0 atom stereocenters. The average Bonchev–Trinajstić information content (AvgIpc) is 2.57. The molecule has 23 heavy (non-hydrogen) atoms. The minimum absolute atomic E-state index is 0.0172. The highest BCUT2D eigenvalue weighted by Crippen LogP contribution is 2.16. The Morgan fingerprint density at radius 2 is 1.57 bits per heavy atom. The normalized spacial score (nSPS) is 10.3. The van der Waals surface area contributed by atoms with Crippen molar-refractivity contribution in [1.82, 2.24) is 4.90 Å². The smallest absolute Gasteiger partial charge is 0.325 e. The molecule has 0 saturated carbocycles. The van der Waals surface area contributed by atoms with Gasteiger partial charge in [-0.05, 0) is 23.6 Å². The van der Waals surface area contributed by atoms with E-state index in [1.807, 2.05) is 12.1 Å². The van der Waals surface area contributed by atoms with E-state index in [0.717, 1.165) is 5.56 Å². The molecule has 0 N–H and O–H groups in total. The molecular weight excluding hydrogens is 298 g/mol. The molecular formula is C17H23NO5. The highest BCUT2D eigenvalue weighted by atomic mass is 16.5. The molecule has 6 nitrogen and oxygen atoms in total. The van der Waals surface area contributed by atoms with Crippen LogP contribution in [0, 0.1) is 0 Å². The number of rotatable bonds is 7. The summed E-state index contributed by atoms with van der Waals surface area (Å²) in [4.78, 5) is 36.6. The zero-order valence-corrected chi connectivity index (χ0v) is 14.0. The van der Waals surface area contributed by atoms with Gasteiger partial charge in [-0.15, -0.1) is 0 Å². The lowest BCUT2D eigenvalue weighted by atomic mass is 10.0. The van der Waals surface area contributed by atoms with Gasteiger partial charge in [-0.1, -0.05) is 26.0 Å². The zero-order valence-electron chi connectivity index (χ0n) is 14.0. The molecule has 0 aromatic heterocycles. The lowest BCUT2D eigenvalue weighted by molar-refractivity contribution is -0.143. The first-order valence-corrected chi connectivity index (χ1v) is 7.42. The van der Waals surface area contributed by atoms with Crippen molar-refractivity contribution in [2.75, 3.05) is 27.3 Å². The van der Waals surface area contributed by atoms with Gasteiger partial charge in [-0.2, -0.15) is 0 Å². The fraction of sp³-hybridized carbons (Fsp3) is 0.471. The number of benzene rings is 1. The third-order valence-electron chi connectivity index (χ3n) is 3.47. The quantitative estimate of drug-likeness (QED) is 0.718. The first-order chi connectivity index (χ1) is 10.9. The molecule has 0 aliphatic rings. The van der Waals surface area contributed by atoms with Crippen LogP contribution < -0.4 is 0 Å². The largest absolute Gasteiger partial charge is 0.469 e. The number of carbonyl (C=O) groups is 3. The van der Waals surface area contributed by atoms with E-state index in [1.54, 1.807) is 12.1 Å². The van der Waals surface area contributed by atoms with Crippen LogP contribution in [0.4, 0.5) is 0 Å². The fourth-order valence-electron chi connectivity index (χ4n) is 1.99. The van der Waals surface area contributed by atoms with Crippen LogP contribution in [0.2, 0.25) is 0 Å². The Kier molecular flexibility index (Phi) is 7.25. The Bertz CT molecular complexity index is 551. The summed E-state index contributed by atoms with van der Waals surface area (Å²) < 4.78 is 9.17. The predicted octanol–water partition coefficient (Wildman–Crippen LogP) is 1.99. The minimum atomic E-state index is -0.540. The maximum absolute atomic E-state index is 12.5. The first-order valence-electron chi connectivity index (χ1n) is 7.42. The van der Waals surface area contributed by atoms with Gasteiger partial charge in [-0.3, -0.25) is 14.4 Å². The summed E-state index contributed by atoms with van der Waals surface area (Å²) in [5.41, 5.74) is 1.58. The van der Waals surface area contributed by atoms with Crippen LogP contribution in [0.1, 0.15) is 42.1 Å². The number of methoxy groups -OCH3 is 2. The number of hydrogen-bond acceptors (Lipinski definition) is 5. The van der Waals surface area contributed by atoms with Gasteiger partial charge in [0.1, 0.15) is 6.54 Å². The number of hydrogen-bond donors (Lipinski definition) is 0. The third kappa shape index (κ3) is 5.73. The van der Waals surface area contributed by atoms with Gasteiger partial charge in [0.25, 0.3) is 5.91 Å². The summed E-state index contributed by atoms with van der Waals surface area (Å²) in [5.74, 6) is -0.941. The first kappa shape index (κ1) is 18.7. The minimum Gasteiger partial charge on any atom is -0.469 e. The van der Waals surface area contributed by atoms with Gasteiger partial charge < -0.3 is 14.4 Å². The molecule has 0 fully saturated rings. The predicted molar refractivity (Wildman–Crippen MR) is 85.1 cm³/mol. The van der Waals surface area contributed by atoms with E-state index in [0.29, 0.717) is 11.5 Å². The highest BCUT2D eigenvalue weighted by Gasteiger charge is 2.20. The molecule has 126 valence electrons. The molecule has 6 heteroatoms. The topological polar surface area (TPSA) is 72.9 Å².